The molecule has 1 aliphatic rings. The van der Waals surface area contributed by atoms with Gasteiger partial charge in [-0.1, -0.05) is 32.0 Å². The van der Waals surface area contributed by atoms with Crippen molar-refractivity contribution in [3.63, 3.8) is 0 Å². The predicted molar refractivity (Wildman–Crippen MR) is 114 cm³/mol. The van der Waals surface area contributed by atoms with E-state index in [1.165, 1.54) is 17.5 Å². The first-order valence-corrected chi connectivity index (χ1v) is 11.5. The largest absolute Gasteiger partial charge is 0.495 e. The number of nitrogens with one attached hydrogen (secondary N) is 1. The first kappa shape index (κ1) is 21.3. The van der Waals surface area contributed by atoms with Gasteiger partial charge in [0.25, 0.3) is 5.91 Å². The summed E-state index contributed by atoms with van der Waals surface area (Å²) in [6, 6.07) is 10.5. The van der Waals surface area contributed by atoms with Gasteiger partial charge < -0.3 is 10.1 Å². The highest BCUT2D eigenvalue weighted by molar-refractivity contribution is 7.89. The standard InChI is InChI=1S/C22H28N2O4S/c1-4-16-9-8-10-17(5-2)21(16)23-22(25)18-11-12-19(28-3)20(15-18)29(26,27)24-13-6-7-14-24/h8-12,15H,4-7,13-14H2,1-3H3,(H,23,25). The Morgan fingerprint density at radius 1 is 1.07 bits per heavy atom. The molecule has 0 spiro atoms. The third kappa shape index (κ3) is 4.31. The fraction of sp³-hybridized carbons (Fsp3) is 0.409. The number of ether oxygens (including phenoxy) is 1. The van der Waals surface area contributed by atoms with Gasteiger partial charge in [0.15, 0.2) is 0 Å². The second-order valence-corrected chi connectivity index (χ2v) is 9.00. The van der Waals surface area contributed by atoms with Crippen LogP contribution in [0.1, 0.15) is 48.2 Å². The Morgan fingerprint density at radius 3 is 2.24 bits per heavy atom. The average molecular weight is 417 g/mol. The zero-order valence-corrected chi connectivity index (χ0v) is 18.0. The summed E-state index contributed by atoms with van der Waals surface area (Å²) in [5.74, 6) is -0.0854. The van der Waals surface area contributed by atoms with Gasteiger partial charge in [0.2, 0.25) is 10.0 Å². The molecule has 1 heterocycles. The number of hydrogen-bond donors (Lipinski definition) is 1. The van der Waals surface area contributed by atoms with E-state index in [2.05, 4.69) is 5.32 Å². The lowest BCUT2D eigenvalue weighted by molar-refractivity contribution is 0.102. The molecule has 0 unspecified atom stereocenters. The number of hydrogen-bond acceptors (Lipinski definition) is 4. The van der Waals surface area contributed by atoms with Crippen LogP contribution in [0, 0.1) is 0 Å². The van der Waals surface area contributed by atoms with Crippen molar-refractivity contribution in [3.8, 4) is 5.75 Å². The van der Waals surface area contributed by atoms with Crippen LogP contribution in [-0.2, 0) is 22.9 Å². The lowest BCUT2D eigenvalue weighted by Crippen LogP contribution is -2.28. The molecule has 156 valence electrons. The fourth-order valence-corrected chi connectivity index (χ4v) is 5.37. The maximum absolute atomic E-state index is 13.1. The molecule has 7 heteroatoms. The summed E-state index contributed by atoms with van der Waals surface area (Å²) in [5.41, 5.74) is 3.20. The Labute approximate surface area is 172 Å². The second kappa shape index (κ2) is 8.97. The van der Waals surface area contributed by atoms with E-state index in [1.807, 2.05) is 32.0 Å². The van der Waals surface area contributed by atoms with Crippen molar-refractivity contribution >= 4 is 21.6 Å². The first-order valence-electron chi connectivity index (χ1n) is 10.0. The molecule has 1 amide bonds. The van der Waals surface area contributed by atoms with Crippen molar-refractivity contribution in [2.75, 3.05) is 25.5 Å². The smallest absolute Gasteiger partial charge is 0.255 e. The average Bonchev–Trinajstić information content (AvgIpc) is 3.29. The number of anilines is 1. The molecule has 0 atom stereocenters. The van der Waals surface area contributed by atoms with E-state index < -0.39 is 10.0 Å². The number of carbonyl (C=O) groups is 1. The van der Waals surface area contributed by atoms with E-state index in [4.69, 9.17) is 4.74 Å². The number of nitrogens with zero attached hydrogens (tertiary/aromatic N) is 1. The zero-order chi connectivity index (χ0) is 21.0. The number of benzene rings is 2. The molecule has 1 aliphatic heterocycles. The first-order chi connectivity index (χ1) is 13.9. The van der Waals surface area contributed by atoms with Crippen molar-refractivity contribution in [3.05, 3.63) is 53.1 Å². The van der Waals surface area contributed by atoms with Gasteiger partial charge in [-0.05, 0) is 55.0 Å². The summed E-state index contributed by atoms with van der Waals surface area (Å²) >= 11 is 0. The van der Waals surface area contributed by atoms with Crippen molar-refractivity contribution < 1.29 is 17.9 Å². The Kier molecular flexibility index (Phi) is 6.59. The van der Waals surface area contributed by atoms with E-state index in [-0.39, 0.29) is 22.1 Å². The molecule has 1 fully saturated rings. The normalized spacial score (nSPS) is 14.7. The Balaban J connectivity index is 1.97. The molecular weight excluding hydrogens is 388 g/mol. The molecule has 29 heavy (non-hydrogen) atoms. The number of rotatable bonds is 7. The summed E-state index contributed by atoms with van der Waals surface area (Å²) in [4.78, 5) is 13.0. The molecule has 1 saturated heterocycles. The molecule has 1 N–H and O–H groups in total. The highest BCUT2D eigenvalue weighted by Gasteiger charge is 2.30. The molecule has 0 aliphatic carbocycles. The molecule has 0 bridgehead atoms. The SMILES string of the molecule is CCc1cccc(CC)c1NC(=O)c1ccc(OC)c(S(=O)(=O)N2CCCC2)c1. The number of para-hydroxylation sites is 1. The lowest BCUT2D eigenvalue weighted by Gasteiger charge is -2.19. The second-order valence-electron chi connectivity index (χ2n) is 7.09. The molecule has 0 aromatic heterocycles. The van der Waals surface area contributed by atoms with E-state index in [0.717, 1.165) is 42.5 Å². The van der Waals surface area contributed by atoms with Gasteiger partial charge in [-0.25, -0.2) is 8.42 Å². The molecule has 0 radical (unpaired) electrons. The topological polar surface area (TPSA) is 75.7 Å². The minimum atomic E-state index is -3.71. The predicted octanol–water partition coefficient (Wildman–Crippen LogP) is 3.86. The van der Waals surface area contributed by atoms with Crippen LogP contribution in [0.5, 0.6) is 5.75 Å². The van der Waals surface area contributed by atoms with Crippen LogP contribution in [-0.4, -0.2) is 38.8 Å². The van der Waals surface area contributed by atoms with Crippen LogP contribution in [0.25, 0.3) is 0 Å². The van der Waals surface area contributed by atoms with Crippen LogP contribution in [0.15, 0.2) is 41.3 Å². The molecule has 2 aromatic rings. The van der Waals surface area contributed by atoms with Gasteiger partial charge in [-0.2, -0.15) is 4.31 Å². The van der Waals surface area contributed by atoms with Crippen LogP contribution in [0.3, 0.4) is 0 Å². The molecule has 6 nitrogen and oxygen atoms in total. The number of carbonyl (C=O) groups excluding carboxylic acids is 1. The summed E-state index contributed by atoms with van der Waals surface area (Å²) in [7, 11) is -2.27. The molecular formula is C22H28N2O4S. The van der Waals surface area contributed by atoms with Crippen molar-refractivity contribution in [1.29, 1.82) is 0 Å². The van der Waals surface area contributed by atoms with Crippen LogP contribution in [0.2, 0.25) is 0 Å². The Morgan fingerprint density at radius 2 is 1.69 bits per heavy atom. The van der Waals surface area contributed by atoms with Gasteiger partial charge in [0, 0.05) is 24.3 Å². The van der Waals surface area contributed by atoms with E-state index in [0.29, 0.717) is 13.1 Å². The van der Waals surface area contributed by atoms with Gasteiger partial charge in [-0.3, -0.25) is 4.79 Å². The number of aryl methyl sites for hydroxylation is 2. The van der Waals surface area contributed by atoms with Gasteiger partial charge in [0.05, 0.1) is 7.11 Å². The van der Waals surface area contributed by atoms with Crippen molar-refractivity contribution in [2.24, 2.45) is 0 Å². The third-order valence-corrected chi connectivity index (χ3v) is 7.27. The molecule has 0 saturated carbocycles. The van der Waals surface area contributed by atoms with Gasteiger partial charge in [0.1, 0.15) is 10.6 Å². The maximum atomic E-state index is 13.1. The third-order valence-electron chi connectivity index (χ3n) is 5.35. The molecule has 2 aromatic carbocycles. The zero-order valence-electron chi connectivity index (χ0n) is 17.2. The van der Waals surface area contributed by atoms with Crippen LogP contribution >= 0.6 is 0 Å². The highest BCUT2D eigenvalue weighted by Crippen LogP contribution is 2.30. The Bertz CT molecular complexity index is 974. The van der Waals surface area contributed by atoms with E-state index in [9.17, 15) is 13.2 Å². The van der Waals surface area contributed by atoms with Gasteiger partial charge >= 0.3 is 0 Å². The van der Waals surface area contributed by atoms with Crippen LogP contribution in [0.4, 0.5) is 5.69 Å². The Hall–Kier alpha value is -2.38. The quantitative estimate of drug-likeness (QED) is 0.744. The van der Waals surface area contributed by atoms with Gasteiger partial charge in [-0.15, -0.1) is 0 Å². The summed E-state index contributed by atoms with van der Waals surface area (Å²) in [6.07, 6.45) is 3.27. The minimum absolute atomic E-state index is 0.0361. The molecule has 3 rings (SSSR count). The van der Waals surface area contributed by atoms with Crippen molar-refractivity contribution in [2.45, 2.75) is 44.4 Å². The summed E-state index contributed by atoms with van der Waals surface area (Å²) in [5, 5.41) is 2.99. The summed E-state index contributed by atoms with van der Waals surface area (Å²) < 4.78 is 32.9. The fourth-order valence-electron chi connectivity index (χ4n) is 3.68. The highest BCUT2D eigenvalue weighted by atomic mass is 32.2. The van der Waals surface area contributed by atoms with E-state index >= 15 is 0 Å². The number of sulfonamides is 1. The number of methoxy groups -OCH3 is 1. The van der Waals surface area contributed by atoms with Crippen molar-refractivity contribution in [1.82, 2.24) is 4.31 Å². The van der Waals surface area contributed by atoms with E-state index in [1.54, 1.807) is 12.1 Å². The number of amides is 1. The lowest BCUT2D eigenvalue weighted by atomic mass is 10.0. The van der Waals surface area contributed by atoms with Crippen LogP contribution < -0.4 is 10.1 Å². The summed E-state index contributed by atoms with van der Waals surface area (Å²) in [6.45, 7) is 5.06. The maximum Gasteiger partial charge on any atom is 0.255 e. The minimum Gasteiger partial charge on any atom is -0.495 e. The monoisotopic (exact) mass is 416 g/mol.